The van der Waals surface area contributed by atoms with Gasteiger partial charge in [-0.05, 0) is 77.0 Å². The molecule has 1 N–H and O–H groups in total. The van der Waals surface area contributed by atoms with E-state index in [1.807, 2.05) is 17.1 Å². The molecule has 2 rings (SSSR count). The number of rotatable bonds is 3. The van der Waals surface area contributed by atoms with Crippen molar-refractivity contribution in [2.45, 2.75) is 32.9 Å². The summed E-state index contributed by atoms with van der Waals surface area (Å²) < 4.78 is 4.07. The molecule has 0 saturated heterocycles. The Morgan fingerprint density at radius 1 is 1.37 bits per heavy atom. The zero-order valence-electron chi connectivity index (χ0n) is 11.2. The van der Waals surface area contributed by atoms with Gasteiger partial charge < -0.3 is 5.32 Å². The highest BCUT2D eigenvalue weighted by atomic mass is 127. The van der Waals surface area contributed by atoms with Crippen molar-refractivity contribution in [3.05, 3.63) is 44.2 Å². The van der Waals surface area contributed by atoms with Crippen LogP contribution in [0.15, 0.2) is 35.1 Å². The van der Waals surface area contributed by atoms with Crippen molar-refractivity contribution < 1.29 is 0 Å². The highest BCUT2D eigenvalue weighted by Gasteiger charge is 2.10. The van der Waals surface area contributed by atoms with Crippen molar-refractivity contribution in [3.63, 3.8) is 0 Å². The summed E-state index contributed by atoms with van der Waals surface area (Å²) in [6.07, 6.45) is 3.86. The van der Waals surface area contributed by atoms with Gasteiger partial charge in [-0.25, -0.2) is 4.68 Å². The first-order valence-electron chi connectivity index (χ1n) is 6.09. The summed E-state index contributed by atoms with van der Waals surface area (Å²) in [6.45, 7) is 7.37. The van der Waals surface area contributed by atoms with Gasteiger partial charge in [-0.1, -0.05) is 6.07 Å². The van der Waals surface area contributed by atoms with Crippen molar-refractivity contribution in [2.75, 3.05) is 0 Å². The molecule has 0 aliphatic heterocycles. The van der Waals surface area contributed by atoms with Gasteiger partial charge in [0.15, 0.2) is 0 Å². The molecule has 0 amide bonds. The Hall–Kier alpha value is -0.400. The normalized spacial score (nSPS) is 11.8. The van der Waals surface area contributed by atoms with E-state index in [1.165, 1.54) is 5.56 Å². The molecule has 0 aliphatic rings. The van der Waals surface area contributed by atoms with Crippen molar-refractivity contribution in [1.29, 1.82) is 0 Å². The van der Waals surface area contributed by atoms with Crippen molar-refractivity contribution in [2.24, 2.45) is 0 Å². The maximum atomic E-state index is 4.33. The van der Waals surface area contributed by atoms with Crippen molar-refractivity contribution in [1.82, 2.24) is 15.1 Å². The van der Waals surface area contributed by atoms with Crippen LogP contribution in [0.4, 0.5) is 0 Å². The number of nitrogens with one attached hydrogen (secondary N) is 1. The quantitative estimate of drug-likeness (QED) is 0.737. The molecule has 0 radical (unpaired) electrons. The van der Waals surface area contributed by atoms with Crippen molar-refractivity contribution in [3.8, 4) is 5.69 Å². The molecule has 0 fully saturated rings. The van der Waals surface area contributed by atoms with E-state index in [-0.39, 0.29) is 5.54 Å². The molecule has 1 heterocycles. The number of benzene rings is 1. The first-order chi connectivity index (χ1) is 8.85. The van der Waals surface area contributed by atoms with E-state index >= 15 is 0 Å². The lowest BCUT2D eigenvalue weighted by Gasteiger charge is -2.20. The van der Waals surface area contributed by atoms with Gasteiger partial charge in [0.2, 0.25) is 0 Å². The molecular weight excluding hydrogens is 417 g/mol. The molecule has 0 bridgehead atoms. The molecule has 2 aromatic rings. The zero-order chi connectivity index (χ0) is 14.0. The summed E-state index contributed by atoms with van der Waals surface area (Å²) in [5.74, 6) is 0. The molecular formula is C14H17BrIN3. The summed E-state index contributed by atoms with van der Waals surface area (Å²) >= 11 is 5.88. The lowest BCUT2D eigenvalue weighted by atomic mass is 10.1. The van der Waals surface area contributed by atoms with Crippen LogP contribution < -0.4 is 5.32 Å². The van der Waals surface area contributed by atoms with Gasteiger partial charge in [0.25, 0.3) is 0 Å². The van der Waals surface area contributed by atoms with Gasteiger partial charge in [0.1, 0.15) is 0 Å². The van der Waals surface area contributed by atoms with E-state index in [2.05, 4.69) is 87.9 Å². The molecule has 102 valence electrons. The lowest BCUT2D eigenvalue weighted by molar-refractivity contribution is 0.424. The summed E-state index contributed by atoms with van der Waals surface area (Å²) in [4.78, 5) is 0. The first kappa shape index (κ1) is 15.0. The molecule has 0 saturated carbocycles. The third-order valence-corrected chi connectivity index (χ3v) is 3.83. The Morgan fingerprint density at radius 2 is 2.11 bits per heavy atom. The fourth-order valence-electron chi connectivity index (χ4n) is 1.65. The second-order valence-electron chi connectivity index (χ2n) is 5.49. The van der Waals surface area contributed by atoms with E-state index in [0.717, 1.165) is 20.3 Å². The van der Waals surface area contributed by atoms with Gasteiger partial charge >= 0.3 is 0 Å². The molecule has 1 aromatic carbocycles. The minimum Gasteiger partial charge on any atom is -0.308 e. The predicted molar refractivity (Wildman–Crippen MR) is 90.6 cm³/mol. The van der Waals surface area contributed by atoms with E-state index in [1.54, 1.807) is 0 Å². The van der Waals surface area contributed by atoms with Gasteiger partial charge in [-0.2, -0.15) is 5.10 Å². The highest BCUT2D eigenvalue weighted by Crippen LogP contribution is 2.23. The van der Waals surface area contributed by atoms with E-state index in [9.17, 15) is 0 Å². The minimum absolute atomic E-state index is 0.128. The topological polar surface area (TPSA) is 29.9 Å². The molecule has 1 aromatic heterocycles. The van der Waals surface area contributed by atoms with Gasteiger partial charge in [0.05, 0.1) is 15.5 Å². The van der Waals surface area contributed by atoms with Crippen LogP contribution in [0.3, 0.4) is 0 Å². The second kappa shape index (κ2) is 5.93. The van der Waals surface area contributed by atoms with Crippen LogP contribution in [0, 0.1) is 3.57 Å². The van der Waals surface area contributed by atoms with E-state index in [0.29, 0.717) is 0 Å². The van der Waals surface area contributed by atoms with Crippen LogP contribution >= 0.6 is 38.5 Å². The SMILES string of the molecule is CC(C)(C)NCc1ccc(-n2cc(I)cn2)c(Br)c1. The fourth-order valence-corrected chi connectivity index (χ4v) is 2.64. The Balaban J connectivity index is 2.18. The van der Waals surface area contributed by atoms with E-state index < -0.39 is 0 Å². The van der Waals surface area contributed by atoms with Crippen LogP contribution in [-0.2, 0) is 6.54 Å². The lowest BCUT2D eigenvalue weighted by Crippen LogP contribution is -2.35. The number of hydrogen-bond acceptors (Lipinski definition) is 2. The van der Waals surface area contributed by atoms with Crippen LogP contribution in [0.1, 0.15) is 26.3 Å². The van der Waals surface area contributed by atoms with Crippen LogP contribution in [0.2, 0.25) is 0 Å². The summed E-state index contributed by atoms with van der Waals surface area (Å²) in [5.41, 5.74) is 2.44. The monoisotopic (exact) mass is 433 g/mol. The first-order valence-corrected chi connectivity index (χ1v) is 7.96. The van der Waals surface area contributed by atoms with Crippen LogP contribution in [-0.4, -0.2) is 15.3 Å². The number of halogens is 2. The number of aromatic nitrogens is 2. The molecule has 0 atom stereocenters. The Bertz CT molecular complexity index is 572. The maximum Gasteiger partial charge on any atom is 0.0788 e. The number of nitrogens with zero attached hydrogens (tertiary/aromatic N) is 2. The zero-order valence-corrected chi connectivity index (χ0v) is 15.0. The molecule has 19 heavy (non-hydrogen) atoms. The number of hydrogen-bond donors (Lipinski definition) is 1. The summed E-state index contributed by atoms with van der Waals surface area (Å²) in [5, 5.41) is 7.81. The Labute approximate surface area is 136 Å². The Morgan fingerprint density at radius 3 is 2.63 bits per heavy atom. The summed E-state index contributed by atoms with van der Waals surface area (Å²) in [7, 11) is 0. The largest absolute Gasteiger partial charge is 0.308 e. The smallest absolute Gasteiger partial charge is 0.0788 e. The predicted octanol–water partition coefficient (Wildman–Crippen LogP) is 4.13. The van der Waals surface area contributed by atoms with Gasteiger partial charge in [-0.15, -0.1) is 0 Å². The summed E-state index contributed by atoms with van der Waals surface area (Å²) in [6, 6.07) is 6.36. The third-order valence-electron chi connectivity index (χ3n) is 2.63. The fraction of sp³-hybridized carbons (Fsp3) is 0.357. The standard InChI is InChI=1S/C14H17BrIN3/c1-14(2,3)17-7-10-4-5-13(12(15)6-10)19-9-11(16)8-18-19/h4-6,8-9,17H,7H2,1-3H3. The van der Waals surface area contributed by atoms with Crippen LogP contribution in [0.5, 0.6) is 0 Å². The second-order valence-corrected chi connectivity index (χ2v) is 7.59. The molecule has 0 aliphatic carbocycles. The molecule has 0 unspecified atom stereocenters. The van der Waals surface area contributed by atoms with Gasteiger partial charge in [0, 0.05) is 22.8 Å². The van der Waals surface area contributed by atoms with E-state index in [4.69, 9.17) is 0 Å². The molecule has 0 spiro atoms. The van der Waals surface area contributed by atoms with Gasteiger partial charge in [-0.3, -0.25) is 0 Å². The van der Waals surface area contributed by atoms with Crippen molar-refractivity contribution >= 4 is 38.5 Å². The minimum atomic E-state index is 0.128. The average Bonchev–Trinajstić information content (AvgIpc) is 2.72. The third kappa shape index (κ3) is 4.29. The highest BCUT2D eigenvalue weighted by molar-refractivity contribution is 14.1. The van der Waals surface area contributed by atoms with Crippen LogP contribution in [0.25, 0.3) is 5.69 Å². The average molecular weight is 434 g/mol. The molecule has 3 nitrogen and oxygen atoms in total. The maximum absolute atomic E-state index is 4.33. The molecule has 5 heteroatoms. The Kier molecular flexibility index (Phi) is 4.68.